The minimum Gasteiger partial charge on any atom is -0.481 e. The lowest BCUT2D eigenvalue weighted by Gasteiger charge is -2.46. The van der Waals surface area contributed by atoms with Gasteiger partial charge in [-0.05, 0) is 31.4 Å². The molecule has 32 heavy (non-hydrogen) atoms. The van der Waals surface area contributed by atoms with Gasteiger partial charge < -0.3 is 24.8 Å². The lowest BCUT2D eigenvalue weighted by molar-refractivity contribution is 0.122. The third-order valence-electron chi connectivity index (χ3n) is 6.08. The molecule has 2 aliphatic heterocycles. The molecule has 0 aliphatic carbocycles. The number of fused-ring (bicyclic) bond motifs is 1. The molecule has 10 nitrogen and oxygen atoms in total. The maximum absolute atomic E-state index is 12.9. The van der Waals surface area contributed by atoms with Crippen LogP contribution in [0.25, 0.3) is 0 Å². The van der Waals surface area contributed by atoms with Crippen molar-refractivity contribution >= 4 is 17.7 Å². The Bertz CT molecular complexity index is 950. The number of methoxy groups -OCH3 is 1. The number of amides is 1. The second kappa shape index (κ2) is 9.25. The van der Waals surface area contributed by atoms with Gasteiger partial charge in [0.2, 0.25) is 11.8 Å². The van der Waals surface area contributed by atoms with E-state index in [1.807, 2.05) is 25.4 Å². The van der Waals surface area contributed by atoms with Crippen LogP contribution in [0.5, 0.6) is 5.88 Å². The van der Waals surface area contributed by atoms with E-state index in [2.05, 4.69) is 19.9 Å². The summed E-state index contributed by atoms with van der Waals surface area (Å²) < 4.78 is 16.1. The number of nitrogens with two attached hydrogens (primary N) is 1. The third kappa shape index (κ3) is 4.07. The van der Waals surface area contributed by atoms with Crippen molar-refractivity contribution in [1.29, 1.82) is 0 Å². The zero-order valence-electron chi connectivity index (χ0n) is 18.8. The lowest BCUT2D eigenvalue weighted by Crippen LogP contribution is -2.61. The van der Waals surface area contributed by atoms with Gasteiger partial charge in [0.1, 0.15) is 5.66 Å². The lowest BCUT2D eigenvalue weighted by atomic mass is 9.81. The number of anilines is 2. The Kier molecular flexibility index (Phi) is 6.43. The first kappa shape index (κ1) is 22.2. The smallest absolute Gasteiger partial charge is 0.415 e. The summed E-state index contributed by atoms with van der Waals surface area (Å²) in [6.07, 6.45) is 4.16. The first-order valence-corrected chi connectivity index (χ1v) is 11.0. The predicted molar refractivity (Wildman–Crippen MR) is 119 cm³/mol. The van der Waals surface area contributed by atoms with Gasteiger partial charge in [-0.2, -0.15) is 0 Å². The van der Waals surface area contributed by atoms with Crippen molar-refractivity contribution in [3.05, 3.63) is 35.8 Å². The zero-order chi connectivity index (χ0) is 22.7. The summed E-state index contributed by atoms with van der Waals surface area (Å²) in [6, 6.07) is 3.53. The van der Waals surface area contributed by atoms with Crippen LogP contribution < -0.4 is 20.3 Å². The van der Waals surface area contributed by atoms with Crippen molar-refractivity contribution in [2.75, 3.05) is 49.8 Å². The number of carbonyl (C=O) groups is 1. The van der Waals surface area contributed by atoms with Crippen LogP contribution in [-0.4, -0.2) is 66.7 Å². The summed E-state index contributed by atoms with van der Waals surface area (Å²) in [5, 5.41) is 0. The largest absolute Gasteiger partial charge is 0.481 e. The Morgan fingerprint density at radius 2 is 1.97 bits per heavy atom. The molecule has 2 aromatic rings. The van der Waals surface area contributed by atoms with Gasteiger partial charge in [0.15, 0.2) is 0 Å². The number of nitrogens with zero attached hydrogens (tertiary/aromatic N) is 5. The van der Waals surface area contributed by atoms with Crippen LogP contribution in [0.2, 0.25) is 0 Å². The molecule has 0 bridgehead atoms. The summed E-state index contributed by atoms with van der Waals surface area (Å²) in [7, 11) is 1.56. The molecule has 0 saturated carbocycles. The number of pyridine rings is 1. The highest BCUT2D eigenvalue weighted by molar-refractivity contribution is 5.91. The minimum absolute atomic E-state index is 0.200. The molecule has 4 heterocycles. The summed E-state index contributed by atoms with van der Waals surface area (Å²) in [4.78, 5) is 30.4. The Labute approximate surface area is 187 Å². The number of morpholine rings is 1. The number of carbonyl (C=O) groups excluding carboxylic acids is 1. The fourth-order valence-electron chi connectivity index (χ4n) is 4.27. The third-order valence-corrected chi connectivity index (χ3v) is 6.08. The van der Waals surface area contributed by atoms with Crippen LogP contribution in [0.4, 0.5) is 16.4 Å². The highest BCUT2D eigenvalue weighted by Gasteiger charge is 2.46. The molecule has 1 fully saturated rings. The molecule has 172 valence electrons. The van der Waals surface area contributed by atoms with Gasteiger partial charge in [0, 0.05) is 37.5 Å². The molecule has 10 heteroatoms. The quantitative estimate of drug-likeness (QED) is 0.744. The van der Waals surface area contributed by atoms with E-state index in [9.17, 15) is 4.79 Å². The van der Waals surface area contributed by atoms with Gasteiger partial charge in [0.25, 0.3) is 0 Å². The Balaban J connectivity index is 1.74. The van der Waals surface area contributed by atoms with Crippen molar-refractivity contribution in [3.8, 4) is 5.88 Å². The summed E-state index contributed by atoms with van der Waals surface area (Å²) in [5.41, 5.74) is 8.04. The summed E-state index contributed by atoms with van der Waals surface area (Å²) in [5.74, 6) is 0.938. The van der Waals surface area contributed by atoms with Gasteiger partial charge in [-0.3, -0.25) is 4.90 Å². The van der Waals surface area contributed by atoms with Crippen molar-refractivity contribution in [2.45, 2.75) is 38.3 Å². The van der Waals surface area contributed by atoms with Gasteiger partial charge in [-0.25, -0.2) is 19.7 Å². The van der Waals surface area contributed by atoms with E-state index in [0.29, 0.717) is 49.3 Å². The van der Waals surface area contributed by atoms with Crippen LogP contribution in [0.3, 0.4) is 0 Å². The average molecular weight is 443 g/mol. The van der Waals surface area contributed by atoms with Gasteiger partial charge in [-0.1, -0.05) is 6.92 Å². The molecule has 2 unspecified atom stereocenters. The van der Waals surface area contributed by atoms with E-state index >= 15 is 0 Å². The zero-order valence-corrected chi connectivity index (χ0v) is 18.8. The summed E-state index contributed by atoms with van der Waals surface area (Å²) >= 11 is 0. The number of hydrogen-bond donors (Lipinski definition) is 1. The first-order chi connectivity index (χ1) is 15.5. The number of ether oxygens (including phenoxy) is 3. The fourth-order valence-corrected chi connectivity index (χ4v) is 4.27. The number of rotatable bonds is 5. The van der Waals surface area contributed by atoms with Crippen LogP contribution in [-0.2, 0) is 9.47 Å². The van der Waals surface area contributed by atoms with E-state index in [4.69, 9.17) is 19.9 Å². The monoisotopic (exact) mass is 442 g/mol. The van der Waals surface area contributed by atoms with Crippen molar-refractivity contribution in [2.24, 2.45) is 5.73 Å². The van der Waals surface area contributed by atoms with E-state index in [1.54, 1.807) is 20.1 Å². The molecule has 0 spiro atoms. The molecule has 0 radical (unpaired) electrons. The molecule has 0 aromatic carbocycles. The topological polar surface area (TPSA) is 116 Å². The SMILES string of the molecule is CCOC(=O)N1c2ccc(OC)nc2C(c2cnc(N3CCOCC3)nc2)CC1(N)CC. The standard InChI is InChI=1S/C22H30N6O4/c1-4-22(23)12-16(15-13-24-20(25-14-15)27-8-10-31-11-9-27)19-17(6-7-18(26-19)30-3)28(22)21(29)32-5-2/h6-7,13-14,16H,4-5,8-12,23H2,1-3H3. The van der Waals surface area contributed by atoms with Crippen molar-refractivity contribution in [1.82, 2.24) is 15.0 Å². The van der Waals surface area contributed by atoms with E-state index in [-0.39, 0.29) is 12.5 Å². The first-order valence-electron chi connectivity index (χ1n) is 11.0. The Morgan fingerprint density at radius 1 is 1.25 bits per heavy atom. The maximum Gasteiger partial charge on any atom is 0.415 e. The van der Waals surface area contributed by atoms with E-state index in [1.165, 1.54) is 4.90 Å². The van der Waals surface area contributed by atoms with Gasteiger partial charge in [-0.15, -0.1) is 0 Å². The van der Waals surface area contributed by atoms with Gasteiger partial charge >= 0.3 is 6.09 Å². The molecular formula is C22H30N6O4. The second-order valence-electron chi connectivity index (χ2n) is 7.92. The molecule has 2 atom stereocenters. The molecular weight excluding hydrogens is 412 g/mol. The Morgan fingerprint density at radius 3 is 2.59 bits per heavy atom. The Hall–Kier alpha value is -2.98. The normalized spacial score (nSPS) is 22.9. The molecule has 1 saturated heterocycles. The molecule has 2 aromatic heterocycles. The van der Waals surface area contributed by atoms with Crippen molar-refractivity contribution < 1.29 is 19.0 Å². The van der Waals surface area contributed by atoms with Gasteiger partial charge in [0.05, 0.1) is 38.3 Å². The van der Waals surface area contributed by atoms with Crippen LogP contribution >= 0.6 is 0 Å². The predicted octanol–water partition coefficient (Wildman–Crippen LogP) is 2.28. The van der Waals surface area contributed by atoms with E-state index in [0.717, 1.165) is 18.7 Å². The molecule has 2 N–H and O–H groups in total. The van der Waals surface area contributed by atoms with Crippen molar-refractivity contribution in [3.63, 3.8) is 0 Å². The minimum atomic E-state index is -0.941. The van der Waals surface area contributed by atoms with Crippen LogP contribution in [0.1, 0.15) is 43.9 Å². The number of hydrogen-bond acceptors (Lipinski definition) is 9. The van der Waals surface area contributed by atoms with Crippen LogP contribution in [0.15, 0.2) is 24.5 Å². The second-order valence-corrected chi connectivity index (χ2v) is 7.92. The van der Waals surface area contributed by atoms with E-state index < -0.39 is 11.8 Å². The molecule has 2 aliphatic rings. The maximum atomic E-state index is 12.9. The average Bonchev–Trinajstić information content (AvgIpc) is 2.84. The number of aromatic nitrogens is 3. The molecule has 4 rings (SSSR count). The fraction of sp³-hybridized carbons (Fsp3) is 0.545. The summed E-state index contributed by atoms with van der Waals surface area (Å²) in [6.45, 7) is 6.86. The molecule has 1 amide bonds. The highest BCUT2D eigenvalue weighted by Crippen LogP contribution is 2.45. The highest BCUT2D eigenvalue weighted by atomic mass is 16.6. The van der Waals surface area contributed by atoms with Crippen LogP contribution in [0, 0.1) is 0 Å².